The van der Waals surface area contributed by atoms with Gasteiger partial charge in [-0.1, -0.05) is 54.9 Å². The first-order valence-corrected chi connectivity index (χ1v) is 11.4. The van der Waals surface area contributed by atoms with Crippen molar-refractivity contribution in [1.29, 1.82) is 0 Å². The SMILES string of the molecule is CC(=O)NC(CC(=O)NCc1ccc(CN2CCC(C)CC2)cc1)c1ccc(Cl)cc1. The summed E-state index contributed by atoms with van der Waals surface area (Å²) in [4.78, 5) is 26.6. The van der Waals surface area contributed by atoms with Crippen LogP contribution in [0.2, 0.25) is 5.02 Å². The monoisotopic (exact) mass is 441 g/mol. The molecule has 0 bridgehead atoms. The standard InChI is InChI=1S/C25H32ClN3O2/c1-18-11-13-29(14-12-18)17-21-5-3-20(4-6-21)16-27-25(31)15-24(28-19(2)30)22-7-9-23(26)10-8-22/h3-10,18,24H,11-17H2,1-2H3,(H,27,31)(H,28,30). The number of carbonyl (C=O) groups excluding carboxylic acids is 2. The molecule has 1 unspecified atom stereocenters. The fourth-order valence-electron chi connectivity index (χ4n) is 3.89. The lowest BCUT2D eigenvalue weighted by molar-refractivity contribution is -0.122. The second-order valence-corrected chi connectivity index (χ2v) is 9.00. The van der Waals surface area contributed by atoms with Gasteiger partial charge in [-0.3, -0.25) is 14.5 Å². The molecule has 1 heterocycles. The maximum absolute atomic E-state index is 12.5. The van der Waals surface area contributed by atoms with Crippen LogP contribution < -0.4 is 10.6 Å². The van der Waals surface area contributed by atoms with Crippen LogP contribution in [-0.4, -0.2) is 29.8 Å². The molecule has 2 amide bonds. The summed E-state index contributed by atoms with van der Waals surface area (Å²) in [5, 5.41) is 6.43. The van der Waals surface area contributed by atoms with Gasteiger partial charge in [0, 0.05) is 25.0 Å². The van der Waals surface area contributed by atoms with Crippen LogP contribution in [0.25, 0.3) is 0 Å². The second-order valence-electron chi connectivity index (χ2n) is 8.56. The Morgan fingerprint density at radius 3 is 2.26 bits per heavy atom. The summed E-state index contributed by atoms with van der Waals surface area (Å²) in [6, 6.07) is 15.2. The Labute approximate surface area is 190 Å². The average Bonchev–Trinajstić information content (AvgIpc) is 2.75. The predicted molar refractivity (Wildman–Crippen MR) is 125 cm³/mol. The molecule has 2 aromatic rings. The molecular formula is C25H32ClN3O2. The number of benzene rings is 2. The van der Waals surface area contributed by atoms with Crippen LogP contribution in [0.5, 0.6) is 0 Å². The van der Waals surface area contributed by atoms with Gasteiger partial charge in [0.1, 0.15) is 0 Å². The molecule has 31 heavy (non-hydrogen) atoms. The van der Waals surface area contributed by atoms with E-state index in [1.165, 1.54) is 38.4 Å². The smallest absolute Gasteiger partial charge is 0.222 e. The first-order valence-electron chi connectivity index (χ1n) is 11.0. The van der Waals surface area contributed by atoms with Crippen molar-refractivity contribution >= 4 is 23.4 Å². The Hall–Kier alpha value is -2.37. The van der Waals surface area contributed by atoms with E-state index >= 15 is 0 Å². The molecule has 2 N–H and O–H groups in total. The number of carbonyl (C=O) groups is 2. The van der Waals surface area contributed by atoms with Crippen molar-refractivity contribution in [1.82, 2.24) is 15.5 Å². The zero-order valence-electron chi connectivity index (χ0n) is 18.4. The van der Waals surface area contributed by atoms with E-state index in [9.17, 15) is 9.59 Å². The molecule has 0 aliphatic carbocycles. The number of rotatable bonds is 8. The third kappa shape index (κ3) is 7.67. The lowest BCUT2D eigenvalue weighted by Gasteiger charge is -2.30. The molecular weight excluding hydrogens is 410 g/mol. The van der Waals surface area contributed by atoms with Gasteiger partial charge >= 0.3 is 0 Å². The molecule has 1 atom stereocenters. The minimum absolute atomic E-state index is 0.111. The van der Waals surface area contributed by atoms with Gasteiger partial charge in [0.15, 0.2) is 0 Å². The van der Waals surface area contributed by atoms with Crippen LogP contribution in [0.4, 0.5) is 0 Å². The third-order valence-corrected chi connectivity index (χ3v) is 6.09. The van der Waals surface area contributed by atoms with Crippen LogP contribution in [0, 0.1) is 5.92 Å². The van der Waals surface area contributed by atoms with E-state index < -0.39 is 0 Å². The molecule has 6 heteroatoms. The van der Waals surface area contributed by atoms with Crippen LogP contribution in [0.3, 0.4) is 0 Å². The van der Waals surface area contributed by atoms with E-state index in [4.69, 9.17) is 11.6 Å². The van der Waals surface area contributed by atoms with Crippen LogP contribution in [-0.2, 0) is 22.7 Å². The first-order chi connectivity index (χ1) is 14.9. The highest BCUT2D eigenvalue weighted by Gasteiger charge is 2.18. The van der Waals surface area contributed by atoms with Gasteiger partial charge in [-0.05, 0) is 60.7 Å². The van der Waals surface area contributed by atoms with Gasteiger partial charge in [-0.15, -0.1) is 0 Å². The molecule has 0 radical (unpaired) electrons. The molecule has 1 aliphatic heterocycles. The second kappa shape index (κ2) is 11.3. The number of nitrogens with zero attached hydrogens (tertiary/aromatic N) is 1. The number of hydrogen-bond donors (Lipinski definition) is 2. The Morgan fingerprint density at radius 1 is 1.03 bits per heavy atom. The predicted octanol–water partition coefficient (Wildman–Crippen LogP) is 4.46. The summed E-state index contributed by atoms with van der Waals surface area (Å²) in [5.41, 5.74) is 3.22. The molecule has 0 saturated carbocycles. The topological polar surface area (TPSA) is 61.4 Å². The Balaban J connectivity index is 1.49. The highest BCUT2D eigenvalue weighted by molar-refractivity contribution is 6.30. The highest BCUT2D eigenvalue weighted by Crippen LogP contribution is 2.20. The normalized spacial score (nSPS) is 16.0. The average molecular weight is 442 g/mol. The molecule has 3 rings (SSSR count). The van der Waals surface area contributed by atoms with Gasteiger partial charge in [-0.25, -0.2) is 0 Å². The first kappa shape index (κ1) is 23.3. The van der Waals surface area contributed by atoms with E-state index in [-0.39, 0.29) is 24.3 Å². The summed E-state index contributed by atoms with van der Waals surface area (Å²) in [5.74, 6) is 0.555. The zero-order valence-corrected chi connectivity index (χ0v) is 19.1. The molecule has 0 aromatic heterocycles. The van der Waals surface area contributed by atoms with Gasteiger partial charge in [0.05, 0.1) is 12.5 Å². The molecule has 166 valence electrons. The molecule has 1 saturated heterocycles. The molecule has 1 fully saturated rings. The number of hydrogen-bond acceptors (Lipinski definition) is 3. The maximum Gasteiger partial charge on any atom is 0.222 e. The number of likely N-dealkylation sites (tertiary alicyclic amines) is 1. The van der Waals surface area contributed by atoms with E-state index in [1.54, 1.807) is 12.1 Å². The molecule has 0 spiro atoms. The third-order valence-electron chi connectivity index (χ3n) is 5.83. The summed E-state index contributed by atoms with van der Waals surface area (Å²) in [7, 11) is 0. The number of halogens is 1. The quantitative estimate of drug-likeness (QED) is 0.636. The number of nitrogens with one attached hydrogen (secondary N) is 2. The van der Waals surface area contributed by atoms with E-state index in [0.29, 0.717) is 11.6 Å². The maximum atomic E-state index is 12.5. The fourth-order valence-corrected chi connectivity index (χ4v) is 4.02. The minimum Gasteiger partial charge on any atom is -0.352 e. The highest BCUT2D eigenvalue weighted by atomic mass is 35.5. The van der Waals surface area contributed by atoms with Crippen molar-refractivity contribution in [2.24, 2.45) is 5.92 Å². The molecule has 2 aromatic carbocycles. The Bertz CT molecular complexity index is 859. The van der Waals surface area contributed by atoms with Gasteiger partial charge < -0.3 is 10.6 Å². The van der Waals surface area contributed by atoms with Crippen molar-refractivity contribution in [3.63, 3.8) is 0 Å². The van der Waals surface area contributed by atoms with Crippen molar-refractivity contribution in [2.45, 2.75) is 52.2 Å². The number of piperidine rings is 1. The van der Waals surface area contributed by atoms with Gasteiger partial charge in [-0.2, -0.15) is 0 Å². The fraction of sp³-hybridized carbons (Fsp3) is 0.440. The number of amides is 2. The van der Waals surface area contributed by atoms with Gasteiger partial charge in [0.2, 0.25) is 11.8 Å². The lowest BCUT2D eigenvalue weighted by Crippen LogP contribution is -2.32. The Morgan fingerprint density at radius 2 is 1.65 bits per heavy atom. The summed E-state index contributed by atoms with van der Waals surface area (Å²) in [6.45, 7) is 7.57. The summed E-state index contributed by atoms with van der Waals surface area (Å²) < 4.78 is 0. The van der Waals surface area contributed by atoms with Crippen molar-refractivity contribution < 1.29 is 9.59 Å². The minimum atomic E-state index is -0.385. The van der Waals surface area contributed by atoms with Crippen molar-refractivity contribution in [3.05, 3.63) is 70.2 Å². The molecule has 1 aliphatic rings. The van der Waals surface area contributed by atoms with Crippen LogP contribution >= 0.6 is 11.6 Å². The summed E-state index contributed by atoms with van der Waals surface area (Å²) in [6.07, 6.45) is 2.73. The largest absolute Gasteiger partial charge is 0.352 e. The van der Waals surface area contributed by atoms with Crippen LogP contribution in [0.1, 0.15) is 55.8 Å². The van der Waals surface area contributed by atoms with Crippen LogP contribution in [0.15, 0.2) is 48.5 Å². The van der Waals surface area contributed by atoms with Gasteiger partial charge in [0.25, 0.3) is 0 Å². The van der Waals surface area contributed by atoms with E-state index in [0.717, 1.165) is 23.6 Å². The van der Waals surface area contributed by atoms with Crippen molar-refractivity contribution in [3.8, 4) is 0 Å². The molecule has 5 nitrogen and oxygen atoms in total. The summed E-state index contributed by atoms with van der Waals surface area (Å²) >= 11 is 5.95. The van der Waals surface area contributed by atoms with Crippen molar-refractivity contribution in [2.75, 3.05) is 13.1 Å². The Kier molecular flexibility index (Phi) is 8.50. The lowest BCUT2D eigenvalue weighted by atomic mass is 9.99. The van der Waals surface area contributed by atoms with E-state index in [1.807, 2.05) is 12.1 Å². The zero-order chi connectivity index (χ0) is 22.2. The van der Waals surface area contributed by atoms with E-state index in [2.05, 4.69) is 46.7 Å².